The van der Waals surface area contributed by atoms with Gasteiger partial charge in [0, 0.05) is 13.1 Å². The third kappa shape index (κ3) is 5.12. The largest absolute Gasteiger partial charge is 0.370 e. The Bertz CT molecular complexity index is 417. The van der Waals surface area contributed by atoms with E-state index in [0.717, 1.165) is 12.1 Å². The number of rotatable bonds is 5. The van der Waals surface area contributed by atoms with Crippen LogP contribution in [0.25, 0.3) is 0 Å². The second-order valence-electron chi connectivity index (χ2n) is 4.53. The van der Waals surface area contributed by atoms with Crippen LogP contribution in [0.3, 0.4) is 0 Å². The molecule has 0 aliphatic rings. The maximum Gasteiger partial charge on any atom is 0.188 e. The van der Waals surface area contributed by atoms with Gasteiger partial charge in [-0.2, -0.15) is 0 Å². The van der Waals surface area contributed by atoms with E-state index < -0.39 is 11.6 Å². The highest BCUT2D eigenvalue weighted by molar-refractivity contribution is 5.77. The maximum absolute atomic E-state index is 13.3. The molecule has 0 unspecified atom stereocenters. The average molecular weight is 255 g/mol. The van der Waals surface area contributed by atoms with Crippen molar-refractivity contribution in [3.05, 3.63) is 35.4 Å². The van der Waals surface area contributed by atoms with Crippen molar-refractivity contribution in [3.8, 4) is 0 Å². The molecule has 100 valence electrons. The van der Waals surface area contributed by atoms with Crippen molar-refractivity contribution in [3.63, 3.8) is 0 Å². The van der Waals surface area contributed by atoms with Crippen LogP contribution in [0.5, 0.6) is 0 Å². The van der Waals surface area contributed by atoms with Crippen molar-refractivity contribution >= 4 is 5.96 Å². The lowest BCUT2D eigenvalue weighted by molar-refractivity contribution is 0.583. The van der Waals surface area contributed by atoms with Crippen LogP contribution in [0, 0.1) is 17.6 Å². The van der Waals surface area contributed by atoms with E-state index in [-0.39, 0.29) is 0 Å². The summed E-state index contributed by atoms with van der Waals surface area (Å²) in [6.07, 6.45) is 0.363. The minimum absolute atomic E-state index is 0.333. The number of halogens is 2. The van der Waals surface area contributed by atoms with Crippen LogP contribution in [-0.4, -0.2) is 19.0 Å². The number of hydrogen-bond donors (Lipinski definition) is 2. The first-order chi connectivity index (χ1) is 8.49. The Kier molecular flexibility index (Phi) is 5.55. The molecule has 0 aromatic heterocycles. The van der Waals surface area contributed by atoms with Gasteiger partial charge in [-0.05, 0) is 36.1 Å². The molecule has 1 aromatic carbocycles. The lowest BCUT2D eigenvalue weighted by Gasteiger charge is -2.07. The van der Waals surface area contributed by atoms with Gasteiger partial charge >= 0.3 is 0 Å². The second-order valence-corrected chi connectivity index (χ2v) is 4.53. The van der Waals surface area contributed by atoms with Gasteiger partial charge in [0.15, 0.2) is 5.96 Å². The van der Waals surface area contributed by atoms with Gasteiger partial charge in [-0.25, -0.2) is 8.78 Å². The van der Waals surface area contributed by atoms with E-state index >= 15 is 0 Å². The highest BCUT2D eigenvalue weighted by Gasteiger charge is 2.03. The third-order valence-electron chi connectivity index (χ3n) is 2.33. The molecule has 0 atom stereocenters. The normalized spacial score (nSPS) is 11.9. The number of benzene rings is 1. The lowest BCUT2D eigenvalue weighted by atomic mass is 10.1. The lowest BCUT2D eigenvalue weighted by Crippen LogP contribution is -2.33. The van der Waals surface area contributed by atoms with Gasteiger partial charge in [-0.1, -0.05) is 13.8 Å². The molecule has 0 saturated carbocycles. The summed E-state index contributed by atoms with van der Waals surface area (Å²) in [5.41, 5.74) is 5.96. The molecule has 3 nitrogen and oxygen atoms in total. The summed E-state index contributed by atoms with van der Waals surface area (Å²) in [6.45, 7) is 5.15. The fraction of sp³-hybridized carbons (Fsp3) is 0.462. The van der Waals surface area contributed by atoms with Crippen LogP contribution < -0.4 is 11.1 Å². The fourth-order valence-electron chi connectivity index (χ4n) is 1.40. The zero-order chi connectivity index (χ0) is 13.5. The molecule has 0 saturated heterocycles. The van der Waals surface area contributed by atoms with Crippen LogP contribution in [-0.2, 0) is 6.42 Å². The summed E-state index contributed by atoms with van der Waals surface area (Å²) < 4.78 is 26.2. The van der Waals surface area contributed by atoms with Gasteiger partial charge in [0.05, 0.1) is 0 Å². The van der Waals surface area contributed by atoms with Crippen molar-refractivity contribution < 1.29 is 8.78 Å². The molecule has 18 heavy (non-hydrogen) atoms. The molecule has 0 aliphatic carbocycles. The van der Waals surface area contributed by atoms with Gasteiger partial charge in [0.1, 0.15) is 11.6 Å². The first-order valence-corrected chi connectivity index (χ1v) is 5.96. The second kappa shape index (κ2) is 6.93. The molecule has 1 aromatic rings. The first-order valence-electron chi connectivity index (χ1n) is 5.96. The molecule has 1 rings (SSSR count). The summed E-state index contributed by atoms with van der Waals surface area (Å²) in [6, 6.07) is 3.42. The van der Waals surface area contributed by atoms with E-state index in [1.165, 1.54) is 6.07 Å². The van der Waals surface area contributed by atoms with Gasteiger partial charge in [0.25, 0.3) is 0 Å². The molecule has 3 N–H and O–H groups in total. The number of nitrogens with zero attached hydrogens (tertiary/aromatic N) is 1. The van der Waals surface area contributed by atoms with E-state index in [1.54, 1.807) is 0 Å². The topological polar surface area (TPSA) is 50.4 Å². The van der Waals surface area contributed by atoms with Crippen molar-refractivity contribution in [1.82, 2.24) is 5.32 Å². The minimum atomic E-state index is -0.437. The molecule has 0 bridgehead atoms. The van der Waals surface area contributed by atoms with E-state index in [2.05, 4.69) is 10.3 Å². The Hall–Kier alpha value is -1.65. The molecule has 0 radical (unpaired) electrons. The molecular weight excluding hydrogens is 236 g/mol. The van der Waals surface area contributed by atoms with Gasteiger partial charge in [-0.3, -0.25) is 4.99 Å². The van der Waals surface area contributed by atoms with Crippen molar-refractivity contribution in [2.45, 2.75) is 20.3 Å². The summed E-state index contributed by atoms with van der Waals surface area (Å²) in [7, 11) is 0. The predicted octanol–water partition coefficient (Wildman–Crippen LogP) is 2.07. The van der Waals surface area contributed by atoms with E-state index in [0.29, 0.717) is 37.0 Å². The molecule has 5 heteroatoms. The van der Waals surface area contributed by atoms with Crippen molar-refractivity contribution in [2.24, 2.45) is 16.6 Å². The number of nitrogens with one attached hydrogen (secondary N) is 1. The SMILES string of the molecule is CC(C)CN=C(N)NCCc1cc(F)ccc1F. The zero-order valence-corrected chi connectivity index (χ0v) is 10.7. The summed E-state index contributed by atoms with van der Waals surface area (Å²) in [5, 5.41) is 2.87. The summed E-state index contributed by atoms with van der Waals surface area (Å²) >= 11 is 0. The Labute approximate surface area is 106 Å². The van der Waals surface area contributed by atoms with Gasteiger partial charge < -0.3 is 11.1 Å². The van der Waals surface area contributed by atoms with Crippen molar-refractivity contribution in [1.29, 1.82) is 0 Å². The zero-order valence-electron chi connectivity index (χ0n) is 10.7. The molecule has 0 amide bonds. The average Bonchev–Trinajstić information content (AvgIpc) is 2.31. The smallest absolute Gasteiger partial charge is 0.188 e. The monoisotopic (exact) mass is 255 g/mol. The Morgan fingerprint density at radius 2 is 2.11 bits per heavy atom. The van der Waals surface area contributed by atoms with Gasteiger partial charge in [-0.15, -0.1) is 0 Å². The standard InChI is InChI=1S/C13H19F2N3/c1-9(2)8-18-13(16)17-6-5-10-7-11(14)3-4-12(10)15/h3-4,7,9H,5-6,8H2,1-2H3,(H3,16,17,18). The number of hydrogen-bond acceptors (Lipinski definition) is 1. The Balaban J connectivity index is 2.42. The Morgan fingerprint density at radius 1 is 1.39 bits per heavy atom. The third-order valence-corrected chi connectivity index (χ3v) is 2.33. The van der Waals surface area contributed by atoms with Crippen LogP contribution in [0.1, 0.15) is 19.4 Å². The van der Waals surface area contributed by atoms with Crippen LogP contribution >= 0.6 is 0 Å². The van der Waals surface area contributed by atoms with Gasteiger partial charge in [0.2, 0.25) is 0 Å². The maximum atomic E-state index is 13.3. The van der Waals surface area contributed by atoms with Crippen LogP contribution in [0.2, 0.25) is 0 Å². The summed E-state index contributed by atoms with van der Waals surface area (Å²) in [4.78, 5) is 4.11. The van der Waals surface area contributed by atoms with E-state index in [4.69, 9.17) is 5.73 Å². The van der Waals surface area contributed by atoms with Crippen LogP contribution in [0.4, 0.5) is 8.78 Å². The molecule has 0 aliphatic heterocycles. The quantitative estimate of drug-likeness (QED) is 0.625. The first kappa shape index (κ1) is 14.4. The molecule has 0 fully saturated rings. The molecule has 0 heterocycles. The molecule has 0 spiro atoms. The number of guanidine groups is 1. The number of nitrogens with two attached hydrogens (primary N) is 1. The highest BCUT2D eigenvalue weighted by Crippen LogP contribution is 2.09. The predicted molar refractivity (Wildman–Crippen MR) is 69.4 cm³/mol. The fourth-order valence-corrected chi connectivity index (χ4v) is 1.40. The van der Waals surface area contributed by atoms with E-state index in [1.807, 2.05) is 13.8 Å². The highest BCUT2D eigenvalue weighted by atomic mass is 19.1. The van der Waals surface area contributed by atoms with Crippen molar-refractivity contribution in [2.75, 3.05) is 13.1 Å². The Morgan fingerprint density at radius 3 is 2.78 bits per heavy atom. The van der Waals surface area contributed by atoms with Crippen LogP contribution in [0.15, 0.2) is 23.2 Å². The minimum Gasteiger partial charge on any atom is -0.370 e. The molecular formula is C13H19F2N3. The number of aliphatic imine (C=N–C) groups is 1. The summed E-state index contributed by atoms with van der Waals surface area (Å²) in [5.74, 6) is -0.0738. The van der Waals surface area contributed by atoms with E-state index in [9.17, 15) is 8.78 Å².